The summed E-state index contributed by atoms with van der Waals surface area (Å²) in [5.74, 6) is -0.328. The number of ether oxygens (including phenoxy) is 1. The van der Waals surface area contributed by atoms with Crippen LogP contribution in [0.4, 0.5) is 0 Å². The van der Waals surface area contributed by atoms with Gasteiger partial charge in [-0.3, -0.25) is 9.59 Å². The van der Waals surface area contributed by atoms with Gasteiger partial charge < -0.3 is 9.30 Å². The molecule has 0 spiro atoms. The first-order valence-corrected chi connectivity index (χ1v) is 6.36. The number of hydrogen-bond acceptors (Lipinski definition) is 3. The molecule has 0 aliphatic carbocycles. The zero-order valence-corrected chi connectivity index (χ0v) is 11.5. The maximum absolute atomic E-state index is 11.9. The summed E-state index contributed by atoms with van der Waals surface area (Å²) in [6.07, 6.45) is 0. The molecule has 1 aromatic carbocycles. The molecule has 0 unspecified atom stereocenters. The molecule has 0 saturated carbocycles. The Morgan fingerprint density at radius 1 is 1.37 bits per heavy atom. The van der Waals surface area contributed by atoms with Crippen LogP contribution in [0.25, 0.3) is 10.9 Å². The summed E-state index contributed by atoms with van der Waals surface area (Å²) in [5.41, 5.74) is 1.30. The molecule has 2 aromatic rings. The zero-order valence-electron chi connectivity index (χ0n) is 10.8. The normalized spacial score (nSPS) is 10.7. The van der Waals surface area contributed by atoms with E-state index in [1.54, 1.807) is 36.6 Å². The van der Waals surface area contributed by atoms with Crippen LogP contribution < -0.4 is 5.43 Å². The number of nitrogens with zero attached hydrogens (tertiary/aromatic N) is 1. The Hall–Kier alpha value is -1.81. The lowest BCUT2D eigenvalue weighted by molar-refractivity contribution is -0.143. The predicted octanol–water partition coefficient (Wildman–Crippen LogP) is 2.53. The second kappa shape index (κ2) is 5.45. The SMILES string of the molecule is CCOC(=O)Cn1c(C)cc(=O)c2cc(Cl)ccc21. The first-order chi connectivity index (χ1) is 9.02. The highest BCUT2D eigenvalue weighted by atomic mass is 35.5. The smallest absolute Gasteiger partial charge is 0.325 e. The number of rotatable bonds is 3. The van der Waals surface area contributed by atoms with E-state index in [9.17, 15) is 9.59 Å². The second-order valence-corrected chi connectivity index (χ2v) is 4.64. The number of aryl methyl sites for hydroxylation is 1. The lowest BCUT2D eigenvalue weighted by Crippen LogP contribution is -2.18. The Bertz CT molecular complexity index is 691. The van der Waals surface area contributed by atoms with Gasteiger partial charge in [-0.1, -0.05) is 11.6 Å². The van der Waals surface area contributed by atoms with Crippen LogP contribution in [0.2, 0.25) is 5.02 Å². The van der Waals surface area contributed by atoms with Crippen molar-refractivity contribution in [1.29, 1.82) is 0 Å². The summed E-state index contributed by atoms with van der Waals surface area (Å²) >= 11 is 5.90. The fraction of sp³-hybridized carbons (Fsp3) is 0.286. The molecular weight excluding hydrogens is 266 g/mol. The third kappa shape index (κ3) is 2.79. The first-order valence-electron chi connectivity index (χ1n) is 5.98. The van der Waals surface area contributed by atoms with Crippen LogP contribution in [0.15, 0.2) is 29.1 Å². The minimum Gasteiger partial charge on any atom is -0.465 e. The third-order valence-corrected chi connectivity index (χ3v) is 3.11. The van der Waals surface area contributed by atoms with E-state index in [4.69, 9.17) is 16.3 Å². The number of halogens is 1. The van der Waals surface area contributed by atoms with Gasteiger partial charge in [-0.15, -0.1) is 0 Å². The number of fused-ring (bicyclic) bond motifs is 1. The molecule has 0 amide bonds. The minimum absolute atomic E-state index is 0.0814. The lowest BCUT2D eigenvalue weighted by Gasteiger charge is -2.13. The van der Waals surface area contributed by atoms with Gasteiger partial charge in [0.25, 0.3) is 0 Å². The van der Waals surface area contributed by atoms with Gasteiger partial charge >= 0.3 is 5.97 Å². The molecule has 4 nitrogen and oxygen atoms in total. The van der Waals surface area contributed by atoms with Gasteiger partial charge in [-0.05, 0) is 32.0 Å². The van der Waals surface area contributed by atoms with Crippen molar-refractivity contribution in [2.24, 2.45) is 0 Å². The Kier molecular flexibility index (Phi) is 3.90. The van der Waals surface area contributed by atoms with E-state index in [1.165, 1.54) is 6.07 Å². The van der Waals surface area contributed by atoms with Crippen molar-refractivity contribution in [3.8, 4) is 0 Å². The summed E-state index contributed by atoms with van der Waals surface area (Å²) in [6.45, 7) is 3.96. The molecule has 0 saturated heterocycles. The molecule has 0 radical (unpaired) electrons. The lowest BCUT2D eigenvalue weighted by atomic mass is 10.2. The monoisotopic (exact) mass is 279 g/mol. The minimum atomic E-state index is -0.328. The molecule has 5 heteroatoms. The highest BCUT2D eigenvalue weighted by Crippen LogP contribution is 2.18. The van der Waals surface area contributed by atoms with Gasteiger partial charge in [-0.25, -0.2) is 0 Å². The Labute approximate surface area is 115 Å². The number of benzene rings is 1. The molecule has 100 valence electrons. The maximum atomic E-state index is 11.9. The fourth-order valence-corrected chi connectivity index (χ4v) is 2.19. The predicted molar refractivity (Wildman–Crippen MR) is 74.6 cm³/mol. The van der Waals surface area contributed by atoms with E-state index in [1.807, 2.05) is 0 Å². The van der Waals surface area contributed by atoms with E-state index in [0.29, 0.717) is 28.2 Å². The van der Waals surface area contributed by atoms with Crippen molar-refractivity contribution in [3.05, 3.63) is 45.2 Å². The molecule has 1 heterocycles. The van der Waals surface area contributed by atoms with Crippen LogP contribution in [0.3, 0.4) is 0 Å². The molecule has 2 rings (SSSR count). The molecule has 0 aliphatic rings. The van der Waals surface area contributed by atoms with Gasteiger partial charge in [-0.2, -0.15) is 0 Å². The first kappa shape index (κ1) is 13.6. The van der Waals surface area contributed by atoms with E-state index in [0.717, 1.165) is 0 Å². The number of aromatic nitrogens is 1. The molecule has 0 fully saturated rings. The van der Waals surface area contributed by atoms with Crippen molar-refractivity contribution < 1.29 is 9.53 Å². The molecule has 1 aromatic heterocycles. The molecule has 19 heavy (non-hydrogen) atoms. The second-order valence-electron chi connectivity index (χ2n) is 4.20. The van der Waals surface area contributed by atoms with Crippen molar-refractivity contribution >= 4 is 28.5 Å². The highest BCUT2D eigenvalue weighted by Gasteiger charge is 2.10. The van der Waals surface area contributed by atoms with Gasteiger partial charge in [0.1, 0.15) is 6.54 Å². The van der Waals surface area contributed by atoms with Crippen molar-refractivity contribution in [1.82, 2.24) is 4.57 Å². The van der Waals surface area contributed by atoms with Crippen LogP contribution in [-0.2, 0) is 16.1 Å². The summed E-state index contributed by atoms with van der Waals surface area (Å²) in [6, 6.07) is 6.55. The largest absolute Gasteiger partial charge is 0.465 e. The van der Waals surface area contributed by atoms with Crippen LogP contribution in [-0.4, -0.2) is 17.1 Å². The van der Waals surface area contributed by atoms with Crippen molar-refractivity contribution in [2.45, 2.75) is 20.4 Å². The van der Waals surface area contributed by atoms with Crippen molar-refractivity contribution in [2.75, 3.05) is 6.61 Å². The summed E-state index contributed by atoms with van der Waals surface area (Å²) in [5, 5.41) is 0.999. The highest BCUT2D eigenvalue weighted by molar-refractivity contribution is 6.31. The number of esters is 1. The average molecular weight is 280 g/mol. The summed E-state index contributed by atoms with van der Waals surface area (Å²) in [7, 11) is 0. The molecule has 0 aliphatic heterocycles. The molecule has 0 N–H and O–H groups in total. The van der Waals surface area contributed by atoms with Crippen LogP contribution >= 0.6 is 11.6 Å². The van der Waals surface area contributed by atoms with E-state index in [2.05, 4.69) is 0 Å². The van der Waals surface area contributed by atoms with Gasteiger partial charge in [0, 0.05) is 22.2 Å². The average Bonchev–Trinajstić information content (AvgIpc) is 2.35. The van der Waals surface area contributed by atoms with E-state index in [-0.39, 0.29) is 17.9 Å². The van der Waals surface area contributed by atoms with Crippen LogP contribution in [0.1, 0.15) is 12.6 Å². The third-order valence-electron chi connectivity index (χ3n) is 2.87. The quantitative estimate of drug-likeness (QED) is 0.811. The van der Waals surface area contributed by atoms with Gasteiger partial charge in [0.05, 0.1) is 12.1 Å². The molecule has 0 atom stereocenters. The van der Waals surface area contributed by atoms with Gasteiger partial charge in [0.15, 0.2) is 5.43 Å². The molecular formula is C14H14ClNO3. The van der Waals surface area contributed by atoms with E-state index >= 15 is 0 Å². The Balaban J connectivity index is 2.60. The van der Waals surface area contributed by atoms with E-state index < -0.39 is 0 Å². The zero-order chi connectivity index (χ0) is 14.0. The standard InChI is InChI=1S/C14H14ClNO3/c1-3-19-14(18)8-16-9(2)6-13(17)11-7-10(15)4-5-12(11)16/h4-7H,3,8H2,1-2H3. The van der Waals surface area contributed by atoms with Crippen molar-refractivity contribution in [3.63, 3.8) is 0 Å². The van der Waals surface area contributed by atoms with Gasteiger partial charge in [0.2, 0.25) is 0 Å². The number of carbonyl (C=O) groups is 1. The van der Waals surface area contributed by atoms with Crippen LogP contribution in [0.5, 0.6) is 0 Å². The molecule has 0 bridgehead atoms. The number of pyridine rings is 1. The topological polar surface area (TPSA) is 48.3 Å². The summed E-state index contributed by atoms with van der Waals surface area (Å²) in [4.78, 5) is 23.5. The Morgan fingerprint density at radius 2 is 2.11 bits per heavy atom. The number of hydrogen-bond donors (Lipinski definition) is 0. The Morgan fingerprint density at radius 3 is 2.79 bits per heavy atom. The maximum Gasteiger partial charge on any atom is 0.325 e. The fourth-order valence-electron chi connectivity index (χ4n) is 2.02. The van der Waals surface area contributed by atoms with Crippen LogP contribution in [0, 0.1) is 6.92 Å². The number of carbonyl (C=O) groups excluding carboxylic acids is 1. The summed E-state index contributed by atoms with van der Waals surface area (Å²) < 4.78 is 6.69.